The summed E-state index contributed by atoms with van der Waals surface area (Å²) in [6, 6.07) is 9.79. The van der Waals surface area contributed by atoms with Gasteiger partial charge in [0.1, 0.15) is 11.6 Å². The molecule has 4 rings (SSSR count). The predicted octanol–water partition coefficient (Wildman–Crippen LogP) is 3.69. The monoisotopic (exact) mass is 460 g/mol. The molecule has 0 amide bonds. The van der Waals surface area contributed by atoms with Crippen molar-refractivity contribution in [1.82, 2.24) is 15.3 Å². The fourth-order valence-electron chi connectivity index (χ4n) is 3.76. The second-order valence-corrected chi connectivity index (χ2v) is 8.96. The van der Waals surface area contributed by atoms with Gasteiger partial charge in [-0.2, -0.15) is 9.97 Å². The van der Waals surface area contributed by atoms with Crippen LogP contribution in [0.3, 0.4) is 0 Å². The quantitative estimate of drug-likeness (QED) is 0.655. The smallest absolute Gasteiger partial charge is 0.232 e. The number of benzene rings is 1. The molecule has 1 aromatic carbocycles. The Hall–Kier alpha value is -2.16. The van der Waals surface area contributed by atoms with Gasteiger partial charge in [-0.3, -0.25) is 0 Å². The van der Waals surface area contributed by atoms with E-state index in [1.165, 1.54) is 12.8 Å². The number of hydrogen-bond acceptors (Lipinski definition) is 6. The molecule has 2 aliphatic rings. The highest BCUT2D eigenvalue weighted by Gasteiger charge is 2.21. The summed E-state index contributed by atoms with van der Waals surface area (Å²) >= 11 is 11.5. The SMILES string of the molecule is CC1CCN(c2cc(N3CCOCC3)nc(NC(=S)NCc3ccc(Cl)cc3)n2)CC1. The molecule has 0 spiro atoms. The van der Waals surface area contributed by atoms with Gasteiger partial charge in [-0.05, 0) is 48.7 Å². The molecule has 31 heavy (non-hydrogen) atoms. The third-order valence-corrected chi connectivity index (χ3v) is 6.23. The van der Waals surface area contributed by atoms with Crippen molar-refractivity contribution in [2.45, 2.75) is 26.3 Å². The summed E-state index contributed by atoms with van der Waals surface area (Å²) in [5.41, 5.74) is 1.10. The lowest BCUT2D eigenvalue weighted by Gasteiger charge is -2.33. The summed E-state index contributed by atoms with van der Waals surface area (Å²) in [6.07, 6.45) is 2.36. The molecule has 2 fully saturated rings. The van der Waals surface area contributed by atoms with Crippen LogP contribution in [0, 0.1) is 5.92 Å². The normalized spacial score (nSPS) is 17.5. The van der Waals surface area contributed by atoms with Gasteiger partial charge in [0, 0.05) is 43.8 Å². The van der Waals surface area contributed by atoms with Crippen LogP contribution in [-0.2, 0) is 11.3 Å². The number of halogens is 1. The number of thiocarbonyl (C=S) groups is 1. The Bertz CT molecular complexity index is 882. The standard InChI is InChI=1S/C22H29ClN6OS/c1-16-6-8-28(9-7-16)19-14-20(29-10-12-30-13-11-29)26-21(25-19)27-22(31)24-15-17-2-4-18(23)5-3-17/h2-5,14,16H,6-13,15H2,1H3,(H2,24,25,26,27,31). The zero-order valence-corrected chi connectivity index (χ0v) is 19.4. The van der Waals surface area contributed by atoms with E-state index < -0.39 is 0 Å². The minimum absolute atomic E-state index is 0.493. The van der Waals surface area contributed by atoms with E-state index in [-0.39, 0.29) is 0 Å². The maximum absolute atomic E-state index is 5.96. The van der Waals surface area contributed by atoms with E-state index in [2.05, 4.69) is 33.4 Å². The third-order valence-electron chi connectivity index (χ3n) is 5.73. The highest BCUT2D eigenvalue weighted by Crippen LogP contribution is 2.26. The van der Waals surface area contributed by atoms with Gasteiger partial charge in [-0.1, -0.05) is 30.7 Å². The maximum Gasteiger partial charge on any atom is 0.232 e. The minimum Gasteiger partial charge on any atom is -0.378 e. The summed E-state index contributed by atoms with van der Waals surface area (Å²) in [6.45, 7) is 8.02. The van der Waals surface area contributed by atoms with Crippen LogP contribution in [0.15, 0.2) is 30.3 Å². The molecule has 3 heterocycles. The van der Waals surface area contributed by atoms with Crippen LogP contribution in [0.1, 0.15) is 25.3 Å². The van der Waals surface area contributed by atoms with Crippen molar-refractivity contribution in [3.8, 4) is 0 Å². The van der Waals surface area contributed by atoms with Crippen molar-refractivity contribution in [1.29, 1.82) is 0 Å². The second-order valence-electron chi connectivity index (χ2n) is 8.11. The molecule has 0 atom stereocenters. The molecule has 0 aliphatic carbocycles. The molecule has 0 saturated carbocycles. The van der Waals surface area contributed by atoms with Crippen LogP contribution in [0.2, 0.25) is 5.02 Å². The maximum atomic E-state index is 5.96. The lowest BCUT2D eigenvalue weighted by molar-refractivity contribution is 0.122. The molecule has 0 unspecified atom stereocenters. The fraction of sp³-hybridized carbons (Fsp3) is 0.500. The van der Waals surface area contributed by atoms with Crippen molar-refractivity contribution >= 4 is 46.5 Å². The summed E-state index contributed by atoms with van der Waals surface area (Å²) in [7, 11) is 0. The van der Waals surface area contributed by atoms with Crippen LogP contribution in [-0.4, -0.2) is 54.5 Å². The Morgan fingerprint density at radius 2 is 1.68 bits per heavy atom. The molecule has 0 radical (unpaired) electrons. The van der Waals surface area contributed by atoms with Gasteiger partial charge in [-0.15, -0.1) is 0 Å². The van der Waals surface area contributed by atoms with E-state index in [4.69, 9.17) is 38.5 Å². The van der Waals surface area contributed by atoms with E-state index in [1.807, 2.05) is 24.3 Å². The zero-order valence-electron chi connectivity index (χ0n) is 17.8. The molecule has 2 aliphatic heterocycles. The fourth-order valence-corrected chi connectivity index (χ4v) is 4.05. The molecule has 7 nitrogen and oxygen atoms in total. The number of rotatable bonds is 5. The van der Waals surface area contributed by atoms with Gasteiger partial charge < -0.3 is 25.2 Å². The highest BCUT2D eigenvalue weighted by atomic mass is 35.5. The number of nitrogens with one attached hydrogen (secondary N) is 2. The lowest BCUT2D eigenvalue weighted by Crippen LogP contribution is -2.38. The lowest BCUT2D eigenvalue weighted by atomic mass is 9.99. The van der Waals surface area contributed by atoms with Gasteiger partial charge >= 0.3 is 0 Å². The first-order chi connectivity index (χ1) is 15.1. The third kappa shape index (κ3) is 6.18. The average Bonchev–Trinajstić information content (AvgIpc) is 2.79. The molecule has 166 valence electrons. The van der Waals surface area contributed by atoms with Gasteiger partial charge in [0.15, 0.2) is 5.11 Å². The molecule has 2 N–H and O–H groups in total. The van der Waals surface area contributed by atoms with Gasteiger partial charge in [-0.25, -0.2) is 0 Å². The first kappa shape index (κ1) is 22.0. The Kier molecular flexibility index (Phi) is 7.42. The Balaban J connectivity index is 1.47. The van der Waals surface area contributed by atoms with Crippen LogP contribution in [0.5, 0.6) is 0 Å². The number of anilines is 3. The van der Waals surface area contributed by atoms with Gasteiger partial charge in [0.25, 0.3) is 0 Å². The number of ether oxygens (including phenoxy) is 1. The number of aromatic nitrogens is 2. The minimum atomic E-state index is 0.493. The number of piperidine rings is 1. The first-order valence-electron chi connectivity index (χ1n) is 10.8. The Morgan fingerprint density at radius 3 is 2.32 bits per heavy atom. The number of nitrogens with zero attached hydrogens (tertiary/aromatic N) is 4. The predicted molar refractivity (Wildman–Crippen MR) is 130 cm³/mol. The summed E-state index contributed by atoms with van der Waals surface area (Å²) in [5.74, 6) is 3.14. The molecule has 9 heteroatoms. The van der Waals surface area contributed by atoms with E-state index in [9.17, 15) is 0 Å². The average molecular weight is 461 g/mol. The molecule has 0 bridgehead atoms. The number of hydrogen-bond donors (Lipinski definition) is 2. The van der Waals surface area contributed by atoms with Gasteiger partial charge in [0.05, 0.1) is 13.2 Å². The van der Waals surface area contributed by atoms with Gasteiger partial charge in [0.2, 0.25) is 5.95 Å². The first-order valence-corrected chi connectivity index (χ1v) is 11.6. The van der Waals surface area contributed by atoms with Crippen molar-refractivity contribution in [3.05, 3.63) is 40.9 Å². The van der Waals surface area contributed by atoms with Crippen LogP contribution in [0.4, 0.5) is 17.6 Å². The van der Waals surface area contributed by atoms with E-state index in [0.717, 1.165) is 54.3 Å². The largest absolute Gasteiger partial charge is 0.378 e. The molecular weight excluding hydrogens is 432 g/mol. The topological polar surface area (TPSA) is 65.6 Å². The summed E-state index contributed by atoms with van der Waals surface area (Å²) < 4.78 is 5.51. The molecular formula is C22H29ClN6OS. The van der Waals surface area contributed by atoms with E-state index >= 15 is 0 Å². The molecule has 2 aromatic rings. The summed E-state index contributed by atoms with van der Waals surface area (Å²) in [4.78, 5) is 14.1. The van der Waals surface area contributed by atoms with Crippen LogP contribution >= 0.6 is 23.8 Å². The van der Waals surface area contributed by atoms with Crippen molar-refractivity contribution in [3.63, 3.8) is 0 Å². The van der Waals surface area contributed by atoms with Crippen molar-refractivity contribution < 1.29 is 4.74 Å². The Labute approximate surface area is 194 Å². The van der Waals surface area contributed by atoms with Crippen LogP contribution in [0.25, 0.3) is 0 Å². The second kappa shape index (κ2) is 10.4. The Morgan fingerprint density at radius 1 is 1.06 bits per heavy atom. The van der Waals surface area contributed by atoms with Crippen molar-refractivity contribution in [2.75, 3.05) is 54.5 Å². The molecule has 1 aromatic heterocycles. The number of morpholine rings is 1. The van der Waals surface area contributed by atoms with E-state index in [1.54, 1.807) is 0 Å². The summed E-state index contributed by atoms with van der Waals surface area (Å²) in [5, 5.41) is 7.61. The van der Waals surface area contributed by atoms with Crippen LogP contribution < -0.4 is 20.4 Å². The molecule has 2 saturated heterocycles. The highest BCUT2D eigenvalue weighted by molar-refractivity contribution is 7.80. The zero-order chi connectivity index (χ0) is 21.6. The van der Waals surface area contributed by atoms with Crippen molar-refractivity contribution in [2.24, 2.45) is 5.92 Å². The van der Waals surface area contributed by atoms with E-state index in [0.29, 0.717) is 30.8 Å².